The van der Waals surface area contributed by atoms with Crippen LogP contribution < -0.4 is 10.1 Å². The van der Waals surface area contributed by atoms with Crippen LogP contribution in [0.3, 0.4) is 0 Å². The van der Waals surface area contributed by atoms with Crippen LogP contribution in [0.1, 0.15) is 36.2 Å². The monoisotopic (exact) mass is 384 g/mol. The lowest BCUT2D eigenvalue weighted by Gasteiger charge is -2.33. The minimum Gasteiger partial charge on any atom is -0.497 e. The number of hydrogen-bond donors (Lipinski definition) is 1. The highest BCUT2D eigenvalue weighted by molar-refractivity contribution is 7.13. The fourth-order valence-electron chi connectivity index (χ4n) is 3.18. The zero-order valence-corrected chi connectivity index (χ0v) is 15.0. The Bertz CT molecular complexity index is 759. The molecule has 4 nitrogen and oxygen atoms in total. The summed E-state index contributed by atoms with van der Waals surface area (Å²) in [6, 6.07) is 6.32. The standard InChI is InChI=1S/C18H19F3N2O2S/c1-25-12-8-6-11(7-9-12)17-23-15(10-26-17)16(24)22-14-5-3-2-4-13(14)18(19,20)21/h6-10,13-14H,2-5H2,1H3,(H,22,24). The zero-order chi connectivity index (χ0) is 18.7. The molecule has 1 aliphatic carbocycles. The highest BCUT2D eigenvalue weighted by atomic mass is 32.1. The first-order valence-corrected chi connectivity index (χ1v) is 9.24. The van der Waals surface area contributed by atoms with Gasteiger partial charge in [0.05, 0.1) is 13.0 Å². The third-order valence-electron chi connectivity index (χ3n) is 4.58. The van der Waals surface area contributed by atoms with Crippen LogP contribution >= 0.6 is 11.3 Å². The fraction of sp³-hybridized carbons (Fsp3) is 0.444. The highest BCUT2D eigenvalue weighted by Gasteiger charge is 2.46. The van der Waals surface area contributed by atoms with Crippen molar-refractivity contribution in [3.05, 3.63) is 35.3 Å². The van der Waals surface area contributed by atoms with Gasteiger partial charge < -0.3 is 10.1 Å². The molecule has 0 bridgehead atoms. The van der Waals surface area contributed by atoms with Crippen molar-refractivity contribution in [2.45, 2.75) is 37.9 Å². The van der Waals surface area contributed by atoms with Crippen molar-refractivity contribution in [1.82, 2.24) is 10.3 Å². The Morgan fingerprint density at radius 1 is 1.23 bits per heavy atom. The second-order valence-corrected chi connectivity index (χ2v) is 7.14. The lowest BCUT2D eigenvalue weighted by atomic mass is 9.84. The van der Waals surface area contributed by atoms with Crippen LogP contribution in [0.2, 0.25) is 0 Å². The maximum absolute atomic E-state index is 13.2. The van der Waals surface area contributed by atoms with Gasteiger partial charge in [-0.05, 0) is 37.1 Å². The van der Waals surface area contributed by atoms with Gasteiger partial charge in [0.1, 0.15) is 16.5 Å². The summed E-state index contributed by atoms with van der Waals surface area (Å²) in [6.45, 7) is 0. The first kappa shape index (κ1) is 18.7. The number of rotatable bonds is 4. The van der Waals surface area contributed by atoms with Crippen molar-refractivity contribution in [3.63, 3.8) is 0 Å². The highest BCUT2D eigenvalue weighted by Crippen LogP contribution is 2.38. The molecule has 2 atom stereocenters. The Balaban J connectivity index is 1.71. The van der Waals surface area contributed by atoms with Gasteiger partial charge in [-0.3, -0.25) is 4.79 Å². The number of methoxy groups -OCH3 is 1. The molecule has 1 aliphatic rings. The number of thiazole rings is 1. The van der Waals surface area contributed by atoms with Gasteiger partial charge in [-0.2, -0.15) is 13.2 Å². The molecule has 0 saturated heterocycles. The van der Waals surface area contributed by atoms with Crippen LogP contribution in [0.25, 0.3) is 10.6 Å². The molecule has 0 aliphatic heterocycles. The number of ether oxygens (including phenoxy) is 1. The van der Waals surface area contributed by atoms with E-state index in [2.05, 4.69) is 10.3 Å². The average molecular weight is 384 g/mol. The zero-order valence-electron chi connectivity index (χ0n) is 14.2. The van der Waals surface area contributed by atoms with Gasteiger partial charge in [-0.25, -0.2) is 4.98 Å². The molecule has 1 N–H and O–H groups in total. The molecule has 3 rings (SSSR count). The fourth-order valence-corrected chi connectivity index (χ4v) is 3.99. The molecule has 2 unspecified atom stereocenters. The number of nitrogens with one attached hydrogen (secondary N) is 1. The third-order valence-corrected chi connectivity index (χ3v) is 5.47. The summed E-state index contributed by atoms with van der Waals surface area (Å²) in [7, 11) is 1.57. The predicted octanol–water partition coefficient (Wildman–Crippen LogP) is 4.67. The van der Waals surface area contributed by atoms with E-state index in [9.17, 15) is 18.0 Å². The van der Waals surface area contributed by atoms with Gasteiger partial charge in [-0.1, -0.05) is 12.8 Å². The number of carbonyl (C=O) groups is 1. The molecule has 1 heterocycles. The number of hydrogen-bond acceptors (Lipinski definition) is 4. The molecule has 8 heteroatoms. The maximum atomic E-state index is 13.2. The molecule has 26 heavy (non-hydrogen) atoms. The van der Waals surface area contributed by atoms with E-state index in [4.69, 9.17) is 4.74 Å². The normalized spacial score (nSPS) is 20.6. The Morgan fingerprint density at radius 3 is 2.58 bits per heavy atom. The van der Waals surface area contributed by atoms with Crippen LogP contribution in [-0.2, 0) is 0 Å². The Hall–Kier alpha value is -2.09. The van der Waals surface area contributed by atoms with E-state index in [1.165, 1.54) is 11.3 Å². The van der Waals surface area contributed by atoms with Crippen molar-refractivity contribution in [3.8, 4) is 16.3 Å². The molecule has 1 amide bonds. The number of benzene rings is 1. The number of nitrogens with zero attached hydrogens (tertiary/aromatic N) is 1. The number of alkyl halides is 3. The lowest BCUT2D eigenvalue weighted by molar-refractivity contribution is -0.187. The van der Waals surface area contributed by atoms with Crippen molar-refractivity contribution >= 4 is 17.2 Å². The first-order chi connectivity index (χ1) is 12.4. The summed E-state index contributed by atoms with van der Waals surface area (Å²) < 4.78 is 44.6. The largest absolute Gasteiger partial charge is 0.497 e. The van der Waals surface area contributed by atoms with Crippen LogP contribution in [-0.4, -0.2) is 30.2 Å². The van der Waals surface area contributed by atoms with Gasteiger partial charge in [0.2, 0.25) is 0 Å². The Labute approximate surface area is 153 Å². The third kappa shape index (κ3) is 4.17. The second-order valence-electron chi connectivity index (χ2n) is 6.28. The van der Waals surface area contributed by atoms with E-state index in [1.807, 2.05) is 12.1 Å². The summed E-state index contributed by atoms with van der Waals surface area (Å²) in [5, 5.41) is 4.74. The van der Waals surface area contributed by atoms with Crippen molar-refractivity contribution in [2.24, 2.45) is 5.92 Å². The predicted molar refractivity (Wildman–Crippen MR) is 93.4 cm³/mol. The molecule has 1 aromatic carbocycles. The van der Waals surface area contributed by atoms with Crippen molar-refractivity contribution in [2.75, 3.05) is 7.11 Å². The number of aromatic nitrogens is 1. The van der Waals surface area contributed by atoms with Gasteiger partial charge in [-0.15, -0.1) is 11.3 Å². The topological polar surface area (TPSA) is 51.2 Å². The van der Waals surface area contributed by atoms with Crippen LogP contribution in [0.5, 0.6) is 5.75 Å². The second kappa shape index (κ2) is 7.65. The first-order valence-electron chi connectivity index (χ1n) is 8.36. The molecule has 1 saturated carbocycles. The van der Waals surface area contributed by atoms with E-state index in [-0.39, 0.29) is 12.1 Å². The molecular formula is C18H19F3N2O2S. The van der Waals surface area contributed by atoms with Crippen molar-refractivity contribution < 1.29 is 22.7 Å². The molecule has 140 valence electrons. The van der Waals surface area contributed by atoms with Gasteiger partial charge in [0.15, 0.2) is 0 Å². The summed E-state index contributed by atoms with van der Waals surface area (Å²) in [5.41, 5.74) is 0.966. The lowest BCUT2D eigenvalue weighted by Crippen LogP contribution is -2.47. The van der Waals surface area contributed by atoms with Gasteiger partial charge >= 0.3 is 6.18 Å². The van der Waals surface area contributed by atoms with E-state index in [0.29, 0.717) is 30.0 Å². The smallest absolute Gasteiger partial charge is 0.393 e. The van der Waals surface area contributed by atoms with E-state index in [0.717, 1.165) is 5.56 Å². The average Bonchev–Trinajstić information content (AvgIpc) is 3.11. The summed E-state index contributed by atoms with van der Waals surface area (Å²) in [6.07, 6.45) is -2.68. The Morgan fingerprint density at radius 2 is 1.92 bits per heavy atom. The van der Waals surface area contributed by atoms with Gasteiger partial charge in [0.25, 0.3) is 5.91 Å². The molecule has 1 aromatic heterocycles. The van der Waals surface area contributed by atoms with Crippen LogP contribution in [0, 0.1) is 5.92 Å². The SMILES string of the molecule is COc1ccc(-c2nc(C(=O)NC3CCCCC3C(F)(F)F)cs2)cc1. The molecule has 1 fully saturated rings. The van der Waals surface area contributed by atoms with Gasteiger partial charge in [0, 0.05) is 17.0 Å². The van der Waals surface area contributed by atoms with E-state index in [1.54, 1.807) is 24.6 Å². The van der Waals surface area contributed by atoms with Crippen LogP contribution in [0.4, 0.5) is 13.2 Å². The molecular weight excluding hydrogens is 365 g/mol. The molecule has 2 aromatic rings. The summed E-state index contributed by atoms with van der Waals surface area (Å²) >= 11 is 1.28. The maximum Gasteiger partial charge on any atom is 0.393 e. The van der Waals surface area contributed by atoms with Crippen LogP contribution in [0.15, 0.2) is 29.6 Å². The summed E-state index contributed by atoms with van der Waals surface area (Å²) in [5.74, 6) is -1.33. The molecule has 0 radical (unpaired) electrons. The quantitative estimate of drug-likeness (QED) is 0.833. The number of amides is 1. The molecule has 0 spiro atoms. The summed E-state index contributed by atoms with van der Waals surface area (Å²) in [4.78, 5) is 16.6. The Kier molecular flexibility index (Phi) is 5.50. The minimum absolute atomic E-state index is 0.0581. The number of carbonyl (C=O) groups excluding carboxylic acids is 1. The minimum atomic E-state index is -4.30. The van der Waals surface area contributed by atoms with Crippen molar-refractivity contribution in [1.29, 1.82) is 0 Å². The van der Waals surface area contributed by atoms with E-state index >= 15 is 0 Å². The van der Waals surface area contributed by atoms with E-state index < -0.39 is 24.0 Å². The number of halogens is 3.